The van der Waals surface area contributed by atoms with E-state index in [4.69, 9.17) is 4.42 Å². The molecule has 1 aliphatic rings. The van der Waals surface area contributed by atoms with Crippen LogP contribution in [0.1, 0.15) is 49.1 Å². The first-order valence-corrected chi connectivity index (χ1v) is 9.25. The van der Waals surface area contributed by atoms with Crippen LogP contribution in [-0.2, 0) is 17.8 Å². The molecule has 3 aromatic heterocycles. The van der Waals surface area contributed by atoms with Gasteiger partial charge in [0.15, 0.2) is 5.65 Å². The number of carbonyl (C=O) groups is 1. The number of aryl methyl sites for hydroxylation is 2. The van der Waals surface area contributed by atoms with E-state index >= 15 is 0 Å². The van der Waals surface area contributed by atoms with Crippen LogP contribution >= 0.6 is 0 Å². The zero-order chi connectivity index (χ0) is 18.1. The van der Waals surface area contributed by atoms with Crippen LogP contribution < -0.4 is 5.32 Å². The van der Waals surface area contributed by atoms with Gasteiger partial charge in [0.2, 0.25) is 5.91 Å². The van der Waals surface area contributed by atoms with Crippen LogP contribution in [0.5, 0.6) is 0 Å². The molecular weight excluding hydrogens is 328 g/mol. The number of carbonyl (C=O) groups excluding carboxylic acids is 1. The Kier molecular flexibility index (Phi) is 4.49. The van der Waals surface area contributed by atoms with Crippen molar-refractivity contribution in [2.24, 2.45) is 0 Å². The highest BCUT2D eigenvalue weighted by Gasteiger charge is 2.27. The number of nitrogens with one attached hydrogen (secondary N) is 1. The van der Waals surface area contributed by atoms with Crippen molar-refractivity contribution in [2.75, 3.05) is 0 Å². The Morgan fingerprint density at radius 2 is 2.27 bits per heavy atom. The molecule has 1 aliphatic carbocycles. The lowest BCUT2D eigenvalue weighted by Crippen LogP contribution is -2.35. The third kappa shape index (κ3) is 3.49. The van der Waals surface area contributed by atoms with Gasteiger partial charge < -0.3 is 9.73 Å². The van der Waals surface area contributed by atoms with Gasteiger partial charge in [0.05, 0.1) is 12.0 Å². The first-order valence-electron chi connectivity index (χ1n) is 9.25. The van der Waals surface area contributed by atoms with Crippen molar-refractivity contribution in [2.45, 2.75) is 58.0 Å². The van der Waals surface area contributed by atoms with Crippen molar-refractivity contribution in [1.82, 2.24) is 20.1 Å². The lowest BCUT2D eigenvalue weighted by atomic mass is 10.1. The molecule has 1 unspecified atom stereocenters. The van der Waals surface area contributed by atoms with Crippen molar-refractivity contribution >= 4 is 16.9 Å². The third-order valence-corrected chi connectivity index (χ3v) is 4.96. The van der Waals surface area contributed by atoms with Gasteiger partial charge in [0, 0.05) is 24.0 Å². The van der Waals surface area contributed by atoms with Crippen LogP contribution in [0.15, 0.2) is 35.1 Å². The Hall–Kier alpha value is -2.63. The summed E-state index contributed by atoms with van der Waals surface area (Å²) in [5.41, 5.74) is 3.09. The normalized spacial score (nSPS) is 15.3. The Balaban J connectivity index is 1.42. The van der Waals surface area contributed by atoms with Gasteiger partial charge in [-0.3, -0.25) is 4.79 Å². The standard InChI is InChI=1S/C20H24N4O2/c1-13(5-8-16-4-3-11-26-16)22-18(25)12-24-20-19(14(2)23-24)17(9-10-21-20)15-6-7-15/h3-4,9-11,13,15H,5-8,12H2,1-2H3,(H,22,25). The van der Waals surface area contributed by atoms with E-state index in [1.54, 1.807) is 10.9 Å². The summed E-state index contributed by atoms with van der Waals surface area (Å²) >= 11 is 0. The number of hydrogen-bond donors (Lipinski definition) is 1. The van der Waals surface area contributed by atoms with Crippen LogP contribution in [0.2, 0.25) is 0 Å². The summed E-state index contributed by atoms with van der Waals surface area (Å²) < 4.78 is 7.06. The van der Waals surface area contributed by atoms with Crippen molar-refractivity contribution in [1.29, 1.82) is 0 Å². The largest absolute Gasteiger partial charge is 0.469 e. The summed E-state index contributed by atoms with van der Waals surface area (Å²) in [5.74, 6) is 1.53. The van der Waals surface area contributed by atoms with Crippen LogP contribution in [0.4, 0.5) is 0 Å². The van der Waals surface area contributed by atoms with E-state index in [2.05, 4.69) is 21.5 Å². The van der Waals surface area contributed by atoms with Gasteiger partial charge in [0.25, 0.3) is 0 Å². The lowest BCUT2D eigenvalue weighted by molar-refractivity contribution is -0.122. The maximum Gasteiger partial charge on any atom is 0.242 e. The maximum absolute atomic E-state index is 12.4. The molecule has 0 bridgehead atoms. The van der Waals surface area contributed by atoms with Gasteiger partial charge >= 0.3 is 0 Å². The van der Waals surface area contributed by atoms with E-state index in [-0.39, 0.29) is 18.5 Å². The number of rotatable bonds is 7. The van der Waals surface area contributed by atoms with E-state index in [1.165, 1.54) is 18.4 Å². The Morgan fingerprint density at radius 1 is 1.42 bits per heavy atom. The first kappa shape index (κ1) is 16.8. The Labute approximate surface area is 152 Å². The van der Waals surface area contributed by atoms with E-state index in [1.807, 2.05) is 32.2 Å². The third-order valence-electron chi connectivity index (χ3n) is 4.96. The fraction of sp³-hybridized carbons (Fsp3) is 0.450. The van der Waals surface area contributed by atoms with Crippen molar-refractivity contribution in [3.05, 3.63) is 47.7 Å². The lowest BCUT2D eigenvalue weighted by Gasteiger charge is -2.13. The fourth-order valence-corrected chi connectivity index (χ4v) is 3.50. The molecule has 4 rings (SSSR count). The number of amides is 1. The second kappa shape index (κ2) is 6.94. The van der Waals surface area contributed by atoms with Gasteiger partial charge in [-0.1, -0.05) is 0 Å². The molecule has 1 N–H and O–H groups in total. The molecule has 0 radical (unpaired) electrons. The first-order chi connectivity index (χ1) is 12.6. The van der Waals surface area contributed by atoms with Gasteiger partial charge in [-0.15, -0.1) is 0 Å². The summed E-state index contributed by atoms with van der Waals surface area (Å²) in [4.78, 5) is 16.9. The molecule has 136 valence electrons. The highest BCUT2D eigenvalue weighted by molar-refractivity contribution is 5.85. The molecule has 0 aromatic carbocycles. The molecule has 6 nitrogen and oxygen atoms in total. The maximum atomic E-state index is 12.4. The molecule has 3 aromatic rings. The predicted molar refractivity (Wildman–Crippen MR) is 98.9 cm³/mol. The van der Waals surface area contributed by atoms with Crippen LogP contribution in [0.25, 0.3) is 11.0 Å². The van der Waals surface area contributed by atoms with Crippen molar-refractivity contribution in [3.63, 3.8) is 0 Å². The van der Waals surface area contributed by atoms with Crippen LogP contribution in [0.3, 0.4) is 0 Å². The monoisotopic (exact) mass is 352 g/mol. The summed E-state index contributed by atoms with van der Waals surface area (Å²) in [5, 5.41) is 8.74. The second-order valence-electron chi connectivity index (χ2n) is 7.20. The molecule has 3 heterocycles. The second-order valence-corrected chi connectivity index (χ2v) is 7.20. The minimum absolute atomic E-state index is 0.0417. The Bertz CT molecular complexity index is 909. The fourth-order valence-electron chi connectivity index (χ4n) is 3.50. The molecule has 0 spiro atoms. The van der Waals surface area contributed by atoms with Crippen molar-refractivity contribution < 1.29 is 9.21 Å². The number of fused-ring (bicyclic) bond motifs is 1. The molecule has 0 saturated heterocycles. The number of nitrogens with zero attached hydrogens (tertiary/aromatic N) is 3. The molecule has 1 saturated carbocycles. The van der Waals surface area contributed by atoms with Crippen LogP contribution in [0, 0.1) is 6.92 Å². The van der Waals surface area contributed by atoms with Gasteiger partial charge in [0.1, 0.15) is 12.3 Å². The predicted octanol–water partition coefficient (Wildman–Crippen LogP) is 3.35. The molecule has 26 heavy (non-hydrogen) atoms. The Morgan fingerprint density at radius 3 is 3.00 bits per heavy atom. The average Bonchev–Trinajstić information content (AvgIpc) is 3.24. The minimum atomic E-state index is -0.0417. The quantitative estimate of drug-likeness (QED) is 0.708. The molecule has 6 heteroatoms. The van der Waals surface area contributed by atoms with Crippen molar-refractivity contribution in [3.8, 4) is 0 Å². The van der Waals surface area contributed by atoms with Gasteiger partial charge in [-0.05, 0) is 62.8 Å². The molecule has 0 aliphatic heterocycles. The minimum Gasteiger partial charge on any atom is -0.469 e. The number of pyridine rings is 1. The van der Waals surface area contributed by atoms with E-state index in [0.29, 0.717) is 5.92 Å². The molecule has 1 atom stereocenters. The van der Waals surface area contributed by atoms with Gasteiger partial charge in [-0.2, -0.15) is 5.10 Å². The zero-order valence-corrected chi connectivity index (χ0v) is 15.2. The zero-order valence-electron chi connectivity index (χ0n) is 15.2. The summed E-state index contributed by atoms with van der Waals surface area (Å²) in [6, 6.07) is 6.00. The highest BCUT2D eigenvalue weighted by Crippen LogP contribution is 2.43. The molecule has 1 amide bonds. The highest BCUT2D eigenvalue weighted by atomic mass is 16.3. The summed E-state index contributed by atoms with van der Waals surface area (Å²) in [7, 11) is 0. The van der Waals surface area contributed by atoms with Crippen LogP contribution in [-0.4, -0.2) is 26.7 Å². The van der Waals surface area contributed by atoms with E-state index in [9.17, 15) is 4.79 Å². The number of furan rings is 1. The topological polar surface area (TPSA) is 73.0 Å². The summed E-state index contributed by atoms with van der Waals surface area (Å²) in [6.45, 7) is 4.20. The summed E-state index contributed by atoms with van der Waals surface area (Å²) in [6.07, 6.45) is 7.62. The van der Waals surface area contributed by atoms with Gasteiger partial charge in [-0.25, -0.2) is 9.67 Å². The molecular formula is C20H24N4O2. The number of aromatic nitrogens is 3. The number of hydrogen-bond acceptors (Lipinski definition) is 4. The SMILES string of the molecule is Cc1nn(CC(=O)NC(C)CCc2ccco2)c2nccc(C3CC3)c12. The van der Waals surface area contributed by atoms with E-state index < -0.39 is 0 Å². The molecule has 1 fully saturated rings. The smallest absolute Gasteiger partial charge is 0.242 e. The average molecular weight is 352 g/mol. The van der Waals surface area contributed by atoms with E-state index in [0.717, 1.165) is 35.3 Å².